The summed E-state index contributed by atoms with van der Waals surface area (Å²) in [6.45, 7) is 0.623. The summed E-state index contributed by atoms with van der Waals surface area (Å²) in [6, 6.07) is 12.9. The van der Waals surface area contributed by atoms with Crippen molar-refractivity contribution in [1.82, 2.24) is 14.9 Å². The third-order valence-corrected chi connectivity index (χ3v) is 5.72. The monoisotopic (exact) mass is 433 g/mol. The number of amides is 2. The first kappa shape index (κ1) is 21.4. The first-order valence-electron chi connectivity index (χ1n) is 10.5. The molecular weight excluding hydrogens is 409 g/mol. The van der Waals surface area contributed by atoms with Crippen LogP contribution in [-0.4, -0.2) is 33.2 Å². The highest BCUT2D eigenvalue weighted by Gasteiger charge is 2.33. The van der Waals surface area contributed by atoms with Crippen molar-refractivity contribution in [1.29, 1.82) is 0 Å². The number of halogens is 1. The Bertz CT molecular complexity index is 1150. The van der Waals surface area contributed by atoms with E-state index in [1.165, 1.54) is 12.1 Å². The van der Waals surface area contributed by atoms with Crippen molar-refractivity contribution in [2.75, 3.05) is 12.3 Å². The van der Waals surface area contributed by atoms with E-state index in [0.29, 0.717) is 36.2 Å². The molecule has 1 aliphatic heterocycles. The zero-order chi connectivity index (χ0) is 22.7. The second-order valence-corrected chi connectivity index (χ2v) is 7.84. The van der Waals surface area contributed by atoms with E-state index >= 15 is 0 Å². The smallest absolute Gasteiger partial charge is 0.248 e. The van der Waals surface area contributed by atoms with Crippen molar-refractivity contribution in [2.24, 2.45) is 5.73 Å². The maximum atomic E-state index is 13.1. The molecular formula is C24H24FN5O2. The first-order chi connectivity index (χ1) is 15.4. The van der Waals surface area contributed by atoms with Gasteiger partial charge >= 0.3 is 0 Å². The number of hydrogen-bond donors (Lipinski definition) is 2. The Morgan fingerprint density at radius 3 is 2.69 bits per heavy atom. The van der Waals surface area contributed by atoms with Crippen molar-refractivity contribution in [3.63, 3.8) is 0 Å². The van der Waals surface area contributed by atoms with Crippen molar-refractivity contribution in [3.8, 4) is 11.1 Å². The number of aromatic nitrogens is 2. The van der Waals surface area contributed by atoms with Crippen molar-refractivity contribution in [2.45, 2.75) is 31.7 Å². The predicted molar refractivity (Wildman–Crippen MR) is 119 cm³/mol. The van der Waals surface area contributed by atoms with Gasteiger partial charge in [0.1, 0.15) is 5.82 Å². The number of carbonyl (C=O) groups is 2. The fourth-order valence-electron chi connectivity index (χ4n) is 4.12. The van der Waals surface area contributed by atoms with E-state index in [1.54, 1.807) is 36.5 Å². The summed E-state index contributed by atoms with van der Waals surface area (Å²) in [5.41, 5.74) is 14.7. The van der Waals surface area contributed by atoms with Gasteiger partial charge in [-0.3, -0.25) is 9.59 Å². The van der Waals surface area contributed by atoms with Gasteiger partial charge < -0.3 is 16.4 Å². The largest absolute Gasteiger partial charge is 0.368 e. The van der Waals surface area contributed by atoms with Crippen LogP contribution in [-0.2, 0) is 11.2 Å². The van der Waals surface area contributed by atoms with Gasteiger partial charge in [-0.1, -0.05) is 24.3 Å². The van der Waals surface area contributed by atoms with E-state index in [4.69, 9.17) is 11.5 Å². The van der Waals surface area contributed by atoms with E-state index < -0.39 is 5.91 Å². The molecule has 2 amide bonds. The summed E-state index contributed by atoms with van der Waals surface area (Å²) in [4.78, 5) is 35.1. The Morgan fingerprint density at radius 1 is 1.16 bits per heavy atom. The Balaban J connectivity index is 1.60. The first-order valence-corrected chi connectivity index (χ1v) is 10.5. The number of aryl methyl sites for hydroxylation is 1. The van der Waals surface area contributed by atoms with Crippen LogP contribution in [0.15, 0.2) is 54.7 Å². The molecule has 164 valence electrons. The summed E-state index contributed by atoms with van der Waals surface area (Å²) in [7, 11) is 0. The summed E-state index contributed by atoms with van der Waals surface area (Å²) in [5, 5.41) is 0. The number of primary amides is 1. The van der Waals surface area contributed by atoms with E-state index in [-0.39, 0.29) is 23.7 Å². The van der Waals surface area contributed by atoms with Crippen LogP contribution >= 0.6 is 0 Å². The van der Waals surface area contributed by atoms with Gasteiger partial charge in [-0.05, 0) is 54.7 Å². The fourth-order valence-corrected chi connectivity index (χ4v) is 4.12. The van der Waals surface area contributed by atoms with Crippen LogP contribution in [0.2, 0.25) is 0 Å². The van der Waals surface area contributed by atoms with Gasteiger partial charge in [-0.15, -0.1) is 0 Å². The quantitative estimate of drug-likeness (QED) is 0.619. The number of likely N-dealkylation sites (tertiary alicyclic amines) is 1. The van der Waals surface area contributed by atoms with Crippen LogP contribution in [0.1, 0.15) is 46.9 Å². The van der Waals surface area contributed by atoms with E-state index in [2.05, 4.69) is 9.97 Å². The standard InChI is InChI=1S/C24H24FN5O2/c25-18-9-6-15(7-10-18)8-11-21(31)30-12-2-5-20(30)22-19(14-28-24(27)29-22)16-3-1-4-17(13-16)23(26)32/h1,3-4,6-7,9-10,13-14,20H,2,5,8,11-12H2,(H2,26,32)(H2,27,28,29). The number of hydrogen-bond acceptors (Lipinski definition) is 5. The highest BCUT2D eigenvalue weighted by molar-refractivity contribution is 5.94. The average molecular weight is 433 g/mol. The summed E-state index contributed by atoms with van der Waals surface area (Å²) in [6.07, 6.45) is 4.06. The Kier molecular flexibility index (Phi) is 6.11. The minimum Gasteiger partial charge on any atom is -0.368 e. The van der Waals surface area contributed by atoms with Gasteiger partial charge in [0.25, 0.3) is 0 Å². The van der Waals surface area contributed by atoms with Gasteiger partial charge in [-0.25, -0.2) is 14.4 Å². The highest BCUT2D eigenvalue weighted by atomic mass is 19.1. The van der Waals surface area contributed by atoms with Crippen LogP contribution in [0, 0.1) is 5.82 Å². The number of carbonyl (C=O) groups excluding carboxylic acids is 2. The van der Waals surface area contributed by atoms with Gasteiger partial charge in [0, 0.05) is 30.3 Å². The number of rotatable bonds is 6. The second-order valence-electron chi connectivity index (χ2n) is 7.84. The topological polar surface area (TPSA) is 115 Å². The molecule has 1 atom stereocenters. The Labute approximate surface area is 185 Å². The van der Waals surface area contributed by atoms with E-state index in [0.717, 1.165) is 24.0 Å². The Hall–Kier alpha value is -3.81. The van der Waals surface area contributed by atoms with E-state index in [9.17, 15) is 14.0 Å². The fraction of sp³-hybridized carbons (Fsp3) is 0.250. The van der Waals surface area contributed by atoms with Crippen molar-refractivity contribution < 1.29 is 14.0 Å². The minimum atomic E-state index is -0.525. The molecule has 32 heavy (non-hydrogen) atoms. The molecule has 0 spiro atoms. The molecule has 2 heterocycles. The third kappa shape index (κ3) is 4.59. The lowest BCUT2D eigenvalue weighted by atomic mass is 9.98. The molecule has 7 nitrogen and oxygen atoms in total. The second kappa shape index (κ2) is 9.13. The lowest BCUT2D eigenvalue weighted by molar-refractivity contribution is -0.132. The summed E-state index contributed by atoms with van der Waals surface area (Å²) < 4.78 is 13.1. The van der Waals surface area contributed by atoms with Crippen molar-refractivity contribution >= 4 is 17.8 Å². The van der Waals surface area contributed by atoms with Crippen LogP contribution in [0.4, 0.5) is 10.3 Å². The van der Waals surface area contributed by atoms with E-state index in [1.807, 2.05) is 11.0 Å². The molecule has 1 fully saturated rings. The molecule has 1 unspecified atom stereocenters. The molecule has 0 aliphatic carbocycles. The summed E-state index contributed by atoms with van der Waals surface area (Å²) in [5.74, 6) is -0.691. The van der Waals surface area contributed by atoms with Gasteiger partial charge in [-0.2, -0.15) is 0 Å². The molecule has 4 rings (SSSR count). The predicted octanol–water partition coefficient (Wildman–Crippen LogP) is 3.26. The van der Waals surface area contributed by atoms with Gasteiger partial charge in [0.2, 0.25) is 17.8 Å². The maximum Gasteiger partial charge on any atom is 0.248 e. The normalized spacial score (nSPS) is 15.7. The molecule has 0 saturated carbocycles. The molecule has 1 aromatic heterocycles. The molecule has 8 heteroatoms. The zero-order valence-electron chi connectivity index (χ0n) is 17.5. The van der Waals surface area contributed by atoms with Crippen LogP contribution < -0.4 is 11.5 Å². The molecule has 4 N–H and O–H groups in total. The Morgan fingerprint density at radius 2 is 1.94 bits per heavy atom. The lowest BCUT2D eigenvalue weighted by Gasteiger charge is -2.26. The number of benzene rings is 2. The number of nitrogen functional groups attached to an aromatic ring is 1. The van der Waals surface area contributed by atoms with Crippen LogP contribution in [0.25, 0.3) is 11.1 Å². The zero-order valence-corrected chi connectivity index (χ0v) is 17.5. The highest BCUT2D eigenvalue weighted by Crippen LogP contribution is 2.37. The molecule has 3 aromatic rings. The van der Waals surface area contributed by atoms with Crippen LogP contribution in [0.5, 0.6) is 0 Å². The number of nitrogens with zero attached hydrogens (tertiary/aromatic N) is 3. The molecule has 2 aromatic carbocycles. The number of anilines is 1. The average Bonchev–Trinajstić information content (AvgIpc) is 3.28. The molecule has 0 radical (unpaired) electrons. The molecule has 1 saturated heterocycles. The van der Waals surface area contributed by atoms with Crippen molar-refractivity contribution in [3.05, 3.63) is 77.4 Å². The maximum absolute atomic E-state index is 13.1. The summed E-state index contributed by atoms with van der Waals surface area (Å²) >= 11 is 0. The van der Waals surface area contributed by atoms with Crippen LogP contribution in [0.3, 0.4) is 0 Å². The molecule has 1 aliphatic rings. The minimum absolute atomic E-state index is 0.00541. The van der Waals surface area contributed by atoms with Gasteiger partial charge in [0.15, 0.2) is 0 Å². The molecule has 0 bridgehead atoms. The number of nitrogens with two attached hydrogens (primary N) is 2. The lowest BCUT2D eigenvalue weighted by Crippen LogP contribution is -2.31. The SMILES string of the molecule is NC(=O)c1cccc(-c2cnc(N)nc2C2CCCN2C(=O)CCc2ccc(F)cc2)c1. The van der Waals surface area contributed by atoms with Gasteiger partial charge in [0.05, 0.1) is 11.7 Å². The third-order valence-electron chi connectivity index (χ3n) is 5.72.